The van der Waals surface area contributed by atoms with Crippen LogP contribution in [0.3, 0.4) is 0 Å². The minimum atomic E-state index is -0.745. The summed E-state index contributed by atoms with van der Waals surface area (Å²) in [5, 5.41) is 3.14. The van der Waals surface area contributed by atoms with Gasteiger partial charge in [-0.2, -0.15) is 0 Å². The van der Waals surface area contributed by atoms with E-state index in [1.165, 1.54) is 30.7 Å². The third-order valence-electron chi connectivity index (χ3n) is 4.63. The van der Waals surface area contributed by atoms with Crippen molar-refractivity contribution in [3.05, 3.63) is 45.1 Å². The van der Waals surface area contributed by atoms with Gasteiger partial charge in [-0.05, 0) is 43.4 Å². The van der Waals surface area contributed by atoms with Crippen LogP contribution in [0.2, 0.25) is 5.15 Å². The van der Waals surface area contributed by atoms with Gasteiger partial charge in [0.2, 0.25) is 0 Å². The Balaban J connectivity index is 1.72. The molecule has 1 aliphatic carbocycles. The number of hydrogen-bond acceptors (Lipinski definition) is 7. The number of thiophene rings is 1. The van der Waals surface area contributed by atoms with Crippen LogP contribution in [0.1, 0.15) is 56.8 Å². The molecule has 1 N–H and O–H groups in total. The fourth-order valence-electron chi connectivity index (χ4n) is 3.24. The normalized spacial score (nSPS) is 13.6. The van der Waals surface area contributed by atoms with Crippen LogP contribution in [0.15, 0.2) is 18.3 Å². The summed E-state index contributed by atoms with van der Waals surface area (Å²) in [6, 6.07) is 3.01. The van der Waals surface area contributed by atoms with Gasteiger partial charge in [-0.3, -0.25) is 4.79 Å². The number of ether oxygens (including phenoxy) is 2. The van der Waals surface area contributed by atoms with Crippen LogP contribution in [0.25, 0.3) is 0 Å². The number of carbonyl (C=O) groups excluding carboxylic acids is 3. The number of hydrogen-bond donors (Lipinski definition) is 1. The molecular weight excluding hydrogens is 416 g/mol. The van der Waals surface area contributed by atoms with E-state index >= 15 is 0 Å². The van der Waals surface area contributed by atoms with E-state index in [1.807, 2.05) is 0 Å². The van der Waals surface area contributed by atoms with Crippen LogP contribution in [0.5, 0.6) is 0 Å². The Labute approximate surface area is 177 Å². The number of methoxy groups -OCH3 is 1. The predicted octanol–water partition coefficient (Wildman–Crippen LogP) is 4.04. The zero-order chi connectivity index (χ0) is 20.8. The van der Waals surface area contributed by atoms with Crippen molar-refractivity contribution in [2.45, 2.75) is 38.5 Å². The SMILES string of the molecule is COC(=O)c1c(NC(=O)COC(=O)c2cccnc2Cl)sc2c1CCCCCC2. The van der Waals surface area contributed by atoms with Gasteiger partial charge >= 0.3 is 11.9 Å². The molecule has 0 spiro atoms. The minimum absolute atomic E-state index is 0.00366. The maximum absolute atomic E-state index is 12.4. The van der Waals surface area contributed by atoms with Crippen LogP contribution in [0, 0.1) is 0 Å². The molecule has 0 radical (unpaired) electrons. The number of aromatic nitrogens is 1. The molecule has 1 amide bonds. The smallest absolute Gasteiger partial charge is 0.341 e. The molecule has 2 aromatic rings. The van der Waals surface area contributed by atoms with E-state index in [4.69, 9.17) is 21.1 Å². The molecular formula is C20H21ClN2O5S. The summed E-state index contributed by atoms with van der Waals surface area (Å²) < 4.78 is 9.96. The number of halogens is 1. The van der Waals surface area contributed by atoms with Crippen LogP contribution in [-0.2, 0) is 27.1 Å². The highest BCUT2D eigenvalue weighted by molar-refractivity contribution is 7.17. The summed E-state index contributed by atoms with van der Waals surface area (Å²) in [5.74, 6) is -1.76. The number of anilines is 1. The highest BCUT2D eigenvalue weighted by atomic mass is 35.5. The molecule has 9 heteroatoms. The summed E-state index contributed by atoms with van der Waals surface area (Å²) in [5.41, 5.74) is 1.44. The van der Waals surface area contributed by atoms with E-state index < -0.39 is 24.5 Å². The van der Waals surface area contributed by atoms with Gasteiger partial charge in [-0.1, -0.05) is 24.4 Å². The molecule has 0 atom stereocenters. The van der Waals surface area contributed by atoms with Crippen molar-refractivity contribution in [2.75, 3.05) is 19.0 Å². The predicted molar refractivity (Wildman–Crippen MR) is 110 cm³/mol. The lowest BCUT2D eigenvalue weighted by Crippen LogP contribution is -2.22. The minimum Gasteiger partial charge on any atom is -0.465 e. The summed E-state index contributed by atoms with van der Waals surface area (Å²) in [7, 11) is 1.32. The van der Waals surface area contributed by atoms with E-state index in [-0.39, 0.29) is 10.7 Å². The molecule has 0 aliphatic heterocycles. The number of aryl methyl sites for hydroxylation is 1. The van der Waals surface area contributed by atoms with Crippen LogP contribution < -0.4 is 5.32 Å². The van der Waals surface area contributed by atoms with Gasteiger partial charge in [0.05, 0.1) is 18.2 Å². The van der Waals surface area contributed by atoms with Crippen molar-refractivity contribution in [1.29, 1.82) is 0 Å². The fraction of sp³-hybridized carbons (Fsp3) is 0.400. The number of amides is 1. The third-order valence-corrected chi connectivity index (χ3v) is 6.14. The zero-order valence-corrected chi connectivity index (χ0v) is 17.5. The van der Waals surface area contributed by atoms with Crippen LogP contribution >= 0.6 is 22.9 Å². The van der Waals surface area contributed by atoms with Crippen molar-refractivity contribution in [1.82, 2.24) is 4.98 Å². The van der Waals surface area contributed by atoms with Gasteiger partial charge < -0.3 is 14.8 Å². The number of nitrogens with one attached hydrogen (secondary N) is 1. The van der Waals surface area contributed by atoms with E-state index in [0.29, 0.717) is 10.6 Å². The van der Waals surface area contributed by atoms with Crippen molar-refractivity contribution >= 4 is 45.8 Å². The first-order chi connectivity index (χ1) is 14.0. The number of pyridine rings is 1. The van der Waals surface area contributed by atoms with E-state index in [0.717, 1.165) is 49.0 Å². The molecule has 0 bridgehead atoms. The molecule has 2 heterocycles. The molecule has 1 aliphatic rings. The largest absolute Gasteiger partial charge is 0.465 e. The Morgan fingerprint density at radius 3 is 2.66 bits per heavy atom. The Morgan fingerprint density at radius 2 is 1.93 bits per heavy atom. The Kier molecular flexibility index (Phi) is 7.22. The second kappa shape index (κ2) is 9.84. The third kappa shape index (κ3) is 5.13. The maximum Gasteiger partial charge on any atom is 0.341 e. The number of nitrogens with zero attached hydrogens (tertiary/aromatic N) is 1. The van der Waals surface area contributed by atoms with E-state index in [2.05, 4.69) is 10.3 Å². The average molecular weight is 437 g/mol. The lowest BCUT2D eigenvalue weighted by atomic mass is 9.96. The summed E-state index contributed by atoms with van der Waals surface area (Å²) in [6.07, 6.45) is 7.40. The fourth-order valence-corrected chi connectivity index (χ4v) is 4.73. The second-order valence-corrected chi connectivity index (χ2v) is 8.04. The monoisotopic (exact) mass is 436 g/mol. The molecule has 0 unspecified atom stereocenters. The van der Waals surface area contributed by atoms with Crippen molar-refractivity contribution in [2.24, 2.45) is 0 Å². The summed E-state index contributed by atoms with van der Waals surface area (Å²) >= 11 is 7.24. The molecule has 3 rings (SSSR count). The first kappa shape index (κ1) is 21.3. The molecule has 0 aromatic carbocycles. The van der Waals surface area contributed by atoms with Crippen molar-refractivity contribution in [3.63, 3.8) is 0 Å². The van der Waals surface area contributed by atoms with Crippen LogP contribution in [0.4, 0.5) is 5.00 Å². The molecule has 0 saturated heterocycles. The number of fused-ring (bicyclic) bond motifs is 1. The number of carbonyl (C=O) groups is 3. The average Bonchev–Trinajstić information content (AvgIpc) is 3.01. The Hall–Kier alpha value is -2.45. The molecule has 2 aromatic heterocycles. The van der Waals surface area contributed by atoms with Gasteiger partial charge in [0.1, 0.15) is 10.2 Å². The molecule has 7 nitrogen and oxygen atoms in total. The second-order valence-electron chi connectivity index (χ2n) is 6.58. The summed E-state index contributed by atoms with van der Waals surface area (Å²) in [6.45, 7) is -0.507. The number of esters is 2. The highest BCUT2D eigenvalue weighted by Gasteiger charge is 2.26. The van der Waals surface area contributed by atoms with Crippen LogP contribution in [-0.4, -0.2) is 36.5 Å². The lowest BCUT2D eigenvalue weighted by molar-refractivity contribution is -0.119. The van der Waals surface area contributed by atoms with E-state index in [9.17, 15) is 14.4 Å². The standard InChI is InChI=1S/C20H21ClN2O5S/c1-27-20(26)16-12-7-4-2-3-5-9-14(12)29-18(16)23-15(24)11-28-19(25)13-8-6-10-22-17(13)21/h6,8,10H,2-5,7,9,11H2,1H3,(H,23,24). The molecule has 0 fully saturated rings. The molecule has 0 saturated carbocycles. The van der Waals surface area contributed by atoms with Crippen molar-refractivity contribution < 1.29 is 23.9 Å². The lowest BCUT2D eigenvalue weighted by Gasteiger charge is -2.11. The van der Waals surface area contributed by atoms with Gasteiger partial charge in [0.25, 0.3) is 5.91 Å². The molecule has 29 heavy (non-hydrogen) atoms. The van der Waals surface area contributed by atoms with Gasteiger partial charge in [0, 0.05) is 11.1 Å². The Morgan fingerprint density at radius 1 is 1.17 bits per heavy atom. The first-order valence-corrected chi connectivity index (χ1v) is 10.5. The highest BCUT2D eigenvalue weighted by Crippen LogP contribution is 2.37. The quantitative estimate of drug-likeness (QED) is 0.561. The number of rotatable bonds is 5. The van der Waals surface area contributed by atoms with Gasteiger partial charge in [-0.15, -0.1) is 11.3 Å². The summed E-state index contributed by atoms with van der Waals surface area (Å²) in [4.78, 5) is 41.7. The molecule has 154 valence electrons. The maximum atomic E-state index is 12.4. The van der Waals surface area contributed by atoms with Gasteiger partial charge in [0.15, 0.2) is 6.61 Å². The zero-order valence-electron chi connectivity index (χ0n) is 16.0. The first-order valence-electron chi connectivity index (χ1n) is 9.31. The Bertz CT molecular complexity index is 928. The topological polar surface area (TPSA) is 94.6 Å². The van der Waals surface area contributed by atoms with E-state index in [1.54, 1.807) is 6.07 Å². The van der Waals surface area contributed by atoms with Crippen molar-refractivity contribution in [3.8, 4) is 0 Å². The van der Waals surface area contributed by atoms with Gasteiger partial charge in [-0.25, -0.2) is 14.6 Å².